The van der Waals surface area contributed by atoms with Crippen molar-refractivity contribution in [3.8, 4) is 5.75 Å². The van der Waals surface area contributed by atoms with Crippen molar-refractivity contribution in [3.05, 3.63) is 58.6 Å². The topological polar surface area (TPSA) is 58.6 Å². The summed E-state index contributed by atoms with van der Waals surface area (Å²) in [7, 11) is 0. The summed E-state index contributed by atoms with van der Waals surface area (Å²) in [6.45, 7) is 1.39. The second-order valence-corrected chi connectivity index (χ2v) is 7.78. The number of rotatable bonds is 3. The van der Waals surface area contributed by atoms with Crippen LogP contribution in [0.5, 0.6) is 5.75 Å². The van der Waals surface area contributed by atoms with Gasteiger partial charge in [-0.2, -0.15) is 0 Å². The van der Waals surface area contributed by atoms with Gasteiger partial charge in [0.1, 0.15) is 5.75 Å². The van der Waals surface area contributed by atoms with Crippen molar-refractivity contribution in [2.45, 2.75) is 38.1 Å². The summed E-state index contributed by atoms with van der Waals surface area (Å²) in [5.41, 5.74) is 2.00. The van der Waals surface area contributed by atoms with E-state index in [1.54, 1.807) is 30.3 Å². The highest BCUT2D eigenvalue weighted by Crippen LogP contribution is 2.31. The number of hydrogen-bond acceptors (Lipinski definition) is 3. The van der Waals surface area contributed by atoms with E-state index in [2.05, 4.69) is 5.32 Å². The van der Waals surface area contributed by atoms with Crippen LogP contribution in [-0.4, -0.2) is 35.9 Å². The van der Waals surface area contributed by atoms with Gasteiger partial charge in [-0.25, -0.2) is 0 Å². The molecule has 0 aliphatic carbocycles. The fraction of sp³-hybridized carbons (Fsp3) is 0.364. The van der Waals surface area contributed by atoms with Gasteiger partial charge in [-0.15, -0.1) is 0 Å². The summed E-state index contributed by atoms with van der Waals surface area (Å²) >= 11 is 5.88. The molecule has 1 unspecified atom stereocenters. The van der Waals surface area contributed by atoms with Gasteiger partial charge in [0.2, 0.25) is 5.91 Å². The van der Waals surface area contributed by atoms with Crippen molar-refractivity contribution >= 4 is 29.1 Å². The van der Waals surface area contributed by atoms with Crippen LogP contribution in [0.2, 0.25) is 5.02 Å². The molecular weight excluding hydrogens is 376 g/mol. The first-order valence-corrected chi connectivity index (χ1v) is 10.1. The summed E-state index contributed by atoms with van der Waals surface area (Å²) in [6, 6.07) is 12.7. The van der Waals surface area contributed by atoms with Crippen molar-refractivity contribution in [3.63, 3.8) is 0 Å². The fourth-order valence-corrected chi connectivity index (χ4v) is 4.05. The molecule has 4 rings (SSSR count). The Hall–Kier alpha value is -2.53. The number of nitrogens with one attached hydrogen (secondary N) is 1. The molecule has 2 aliphatic rings. The van der Waals surface area contributed by atoms with E-state index in [-0.39, 0.29) is 24.3 Å². The number of hydrogen-bond donors (Lipinski definition) is 1. The minimum Gasteiger partial charge on any atom is -0.493 e. The van der Waals surface area contributed by atoms with Crippen LogP contribution >= 0.6 is 11.6 Å². The number of anilines is 1. The minimum absolute atomic E-state index is 0.00630. The molecule has 1 fully saturated rings. The maximum atomic E-state index is 13.1. The predicted molar refractivity (Wildman–Crippen MR) is 109 cm³/mol. The Labute approximate surface area is 169 Å². The lowest BCUT2D eigenvalue weighted by Crippen LogP contribution is -2.45. The first-order valence-electron chi connectivity index (χ1n) is 9.72. The van der Waals surface area contributed by atoms with Crippen LogP contribution in [0, 0.1) is 0 Å². The zero-order valence-electron chi connectivity index (χ0n) is 15.6. The Morgan fingerprint density at radius 1 is 1.14 bits per heavy atom. The molecule has 0 saturated carbocycles. The number of carbonyl (C=O) groups is 2. The van der Waals surface area contributed by atoms with Crippen molar-refractivity contribution in [1.82, 2.24) is 4.90 Å². The third-order valence-electron chi connectivity index (χ3n) is 5.37. The Morgan fingerprint density at radius 2 is 1.96 bits per heavy atom. The van der Waals surface area contributed by atoms with Gasteiger partial charge in [0, 0.05) is 29.7 Å². The molecule has 1 N–H and O–H groups in total. The second kappa shape index (κ2) is 8.23. The number of benzene rings is 2. The molecule has 5 nitrogen and oxygen atoms in total. The largest absolute Gasteiger partial charge is 0.493 e. The van der Waals surface area contributed by atoms with E-state index in [9.17, 15) is 9.59 Å². The highest BCUT2D eigenvalue weighted by Gasteiger charge is 2.31. The molecule has 0 spiro atoms. The van der Waals surface area contributed by atoms with Gasteiger partial charge in [0.25, 0.3) is 5.91 Å². The van der Waals surface area contributed by atoms with Gasteiger partial charge >= 0.3 is 0 Å². The van der Waals surface area contributed by atoms with Crippen molar-refractivity contribution in [2.75, 3.05) is 18.5 Å². The van der Waals surface area contributed by atoms with Crippen LogP contribution in [0.1, 0.15) is 41.6 Å². The lowest BCUT2D eigenvalue weighted by Gasteiger charge is -2.37. The summed E-state index contributed by atoms with van der Waals surface area (Å²) in [6.07, 6.45) is 4.33. The van der Waals surface area contributed by atoms with Crippen molar-refractivity contribution in [1.29, 1.82) is 0 Å². The van der Waals surface area contributed by atoms with E-state index >= 15 is 0 Å². The van der Waals surface area contributed by atoms with E-state index in [1.165, 1.54) is 0 Å². The normalized spacial score (nSPS) is 19.0. The smallest absolute Gasteiger partial charge is 0.257 e. The van der Waals surface area contributed by atoms with Gasteiger partial charge in [-0.1, -0.05) is 23.7 Å². The zero-order chi connectivity index (χ0) is 19.5. The first-order chi connectivity index (χ1) is 13.6. The molecule has 146 valence electrons. The van der Waals surface area contributed by atoms with Crippen LogP contribution in [0.25, 0.3) is 0 Å². The molecular formula is C22H23ClN2O3. The average molecular weight is 399 g/mol. The van der Waals surface area contributed by atoms with Gasteiger partial charge in [-0.3, -0.25) is 9.59 Å². The minimum atomic E-state index is -0.141. The van der Waals surface area contributed by atoms with Crippen LogP contribution in [-0.2, 0) is 11.2 Å². The summed E-state index contributed by atoms with van der Waals surface area (Å²) in [5, 5.41) is 3.52. The number of piperidine rings is 1. The Balaban J connectivity index is 1.51. The van der Waals surface area contributed by atoms with E-state index in [0.717, 1.165) is 37.8 Å². The molecule has 6 heteroatoms. The summed E-state index contributed by atoms with van der Waals surface area (Å²) in [4.78, 5) is 27.5. The third-order valence-corrected chi connectivity index (χ3v) is 5.62. The number of carbonyl (C=O) groups excluding carboxylic acids is 2. The molecule has 2 aromatic carbocycles. The lowest BCUT2D eigenvalue weighted by atomic mass is 9.97. The molecule has 0 radical (unpaired) electrons. The number of nitrogens with zero attached hydrogens (tertiary/aromatic N) is 1. The van der Waals surface area contributed by atoms with Crippen LogP contribution < -0.4 is 10.1 Å². The Morgan fingerprint density at radius 3 is 2.79 bits per heavy atom. The Kier molecular flexibility index (Phi) is 5.53. The van der Waals surface area contributed by atoms with Gasteiger partial charge < -0.3 is 15.0 Å². The van der Waals surface area contributed by atoms with Crippen LogP contribution in [0.15, 0.2) is 42.5 Å². The molecule has 0 aromatic heterocycles. The average Bonchev–Trinajstić information content (AvgIpc) is 2.69. The van der Waals surface area contributed by atoms with E-state index in [1.807, 2.05) is 17.0 Å². The maximum Gasteiger partial charge on any atom is 0.257 e. The monoisotopic (exact) mass is 398 g/mol. The second-order valence-electron chi connectivity index (χ2n) is 7.35. The number of ether oxygens (including phenoxy) is 1. The van der Waals surface area contributed by atoms with Crippen molar-refractivity contribution in [2.24, 2.45) is 0 Å². The van der Waals surface area contributed by atoms with Crippen LogP contribution in [0.3, 0.4) is 0 Å². The highest BCUT2D eigenvalue weighted by atomic mass is 35.5. The lowest BCUT2D eigenvalue weighted by molar-refractivity contribution is -0.115. The maximum absolute atomic E-state index is 13.1. The summed E-state index contributed by atoms with van der Waals surface area (Å²) < 4.78 is 5.84. The number of amides is 2. The van der Waals surface area contributed by atoms with Gasteiger partial charge in [0.15, 0.2) is 0 Å². The number of halogens is 1. The molecule has 2 aliphatic heterocycles. The fourth-order valence-electron chi connectivity index (χ4n) is 3.92. The van der Waals surface area contributed by atoms with Crippen molar-refractivity contribution < 1.29 is 14.3 Å². The quantitative estimate of drug-likeness (QED) is 0.838. The van der Waals surface area contributed by atoms with Gasteiger partial charge in [-0.05, 0) is 55.2 Å². The summed E-state index contributed by atoms with van der Waals surface area (Å²) in [5.74, 6) is 0.440. The predicted octanol–water partition coefficient (Wildman–Crippen LogP) is 4.30. The molecule has 2 heterocycles. The third kappa shape index (κ3) is 4.14. The molecule has 1 atom stereocenters. The molecule has 28 heavy (non-hydrogen) atoms. The molecule has 1 saturated heterocycles. The van der Waals surface area contributed by atoms with E-state index in [0.29, 0.717) is 28.6 Å². The van der Waals surface area contributed by atoms with Gasteiger partial charge in [0.05, 0.1) is 18.6 Å². The molecule has 2 aromatic rings. The van der Waals surface area contributed by atoms with E-state index in [4.69, 9.17) is 16.3 Å². The Bertz CT molecular complexity index is 882. The van der Waals surface area contributed by atoms with E-state index < -0.39 is 0 Å². The standard InChI is InChI=1S/C22H23ClN2O3/c23-16-6-4-15(5-7-16)13-21(26)24-17-8-9-20-19(14-17)22(27)25-11-2-1-3-18(25)10-12-28-20/h4-9,14,18H,1-3,10-13H2,(H,24,26). The number of fused-ring (bicyclic) bond motifs is 2. The zero-order valence-corrected chi connectivity index (χ0v) is 16.4. The first kappa shape index (κ1) is 18.8. The SMILES string of the molecule is O=C(Cc1ccc(Cl)cc1)Nc1ccc2c(c1)C(=O)N1CCCCC1CCO2. The highest BCUT2D eigenvalue weighted by molar-refractivity contribution is 6.30. The molecule has 0 bridgehead atoms. The van der Waals surface area contributed by atoms with Crippen LogP contribution in [0.4, 0.5) is 5.69 Å². The molecule has 2 amide bonds.